The molecule has 2 N–H and O–H groups in total. The summed E-state index contributed by atoms with van der Waals surface area (Å²) < 4.78 is 10.8. The van der Waals surface area contributed by atoms with E-state index in [1.807, 2.05) is 18.2 Å². The van der Waals surface area contributed by atoms with Crippen LogP contribution in [0.4, 0.5) is 5.69 Å². The molecule has 0 fully saturated rings. The van der Waals surface area contributed by atoms with Crippen molar-refractivity contribution in [2.24, 2.45) is 0 Å². The van der Waals surface area contributed by atoms with Crippen LogP contribution in [0.1, 0.15) is 30.1 Å². The summed E-state index contributed by atoms with van der Waals surface area (Å²) in [4.78, 5) is 12.1. The number of ether oxygens (including phenoxy) is 2. The summed E-state index contributed by atoms with van der Waals surface area (Å²) >= 11 is 0. The number of rotatable bonds is 5. The van der Waals surface area contributed by atoms with Crippen molar-refractivity contribution in [2.75, 3.05) is 19.0 Å². The first-order valence-electron chi connectivity index (χ1n) is 8.04. The number of anilines is 1. The molecule has 3 rings (SSSR count). The zero-order valence-electron chi connectivity index (χ0n) is 13.6. The number of carbonyl (C=O) groups is 1. The summed E-state index contributed by atoms with van der Waals surface area (Å²) in [6, 6.07) is 12.7. The number of hydrogen-bond acceptors (Lipinski definition) is 4. The molecular weight excluding hydrogens is 306 g/mol. The summed E-state index contributed by atoms with van der Waals surface area (Å²) in [5, 5.41) is 12.8. The number of fused-ring (bicyclic) bond motifs is 1. The van der Waals surface area contributed by atoms with Crippen molar-refractivity contribution in [3.63, 3.8) is 0 Å². The van der Waals surface area contributed by atoms with E-state index in [1.54, 1.807) is 31.4 Å². The number of aliphatic hydroxyl groups excluding tert-OH is 1. The zero-order chi connectivity index (χ0) is 16.9. The highest BCUT2D eigenvalue weighted by Gasteiger charge is 2.21. The molecule has 0 aromatic heterocycles. The van der Waals surface area contributed by atoms with Gasteiger partial charge in [-0.1, -0.05) is 12.1 Å². The smallest absolute Gasteiger partial charge is 0.262 e. The third kappa shape index (κ3) is 3.68. The molecular formula is C19H21NO4. The Labute approximate surface area is 141 Å². The van der Waals surface area contributed by atoms with Gasteiger partial charge in [0.15, 0.2) is 6.61 Å². The van der Waals surface area contributed by atoms with Gasteiger partial charge in [0.25, 0.3) is 5.91 Å². The van der Waals surface area contributed by atoms with E-state index in [4.69, 9.17) is 9.47 Å². The second kappa shape index (κ2) is 7.36. The fraction of sp³-hybridized carbons (Fsp3) is 0.316. The number of aliphatic hydroxyl groups is 1. The van der Waals surface area contributed by atoms with Gasteiger partial charge >= 0.3 is 0 Å². The van der Waals surface area contributed by atoms with Gasteiger partial charge in [0.1, 0.15) is 11.5 Å². The van der Waals surface area contributed by atoms with E-state index in [-0.39, 0.29) is 12.5 Å². The summed E-state index contributed by atoms with van der Waals surface area (Å²) in [7, 11) is 1.60. The van der Waals surface area contributed by atoms with Gasteiger partial charge in [0, 0.05) is 5.69 Å². The minimum Gasteiger partial charge on any atom is -0.497 e. The van der Waals surface area contributed by atoms with Gasteiger partial charge in [0.2, 0.25) is 0 Å². The van der Waals surface area contributed by atoms with E-state index in [9.17, 15) is 9.90 Å². The molecule has 0 bridgehead atoms. The van der Waals surface area contributed by atoms with E-state index in [0.717, 1.165) is 36.1 Å². The number of carbonyl (C=O) groups excluding carboxylic acids is 1. The fourth-order valence-corrected chi connectivity index (χ4v) is 2.94. The third-order valence-corrected chi connectivity index (χ3v) is 4.17. The normalized spacial score (nSPS) is 16.2. The average Bonchev–Trinajstić information content (AvgIpc) is 2.61. The van der Waals surface area contributed by atoms with E-state index in [0.29, 0.717) is 11.4 Å². The summed E-state index contributed by atoms with van der Waals surface area (Å²) in [5.74, 6) is 1.18. The predicted molar refractivity (Wildman–Crippen MR) is 91.5 cm³/mol. The van der Waals surface area contributed by atoms with Gasteiger partial charge in [-0.2, -0.15) is 0 Å². The molecule has 0 radical (unpaired) electrons. The third-order valence-electron chi connectivity index (χ3n) is 4.17. The van der Waals surface area contributed by atoms with Crippen LogP contribution in [0.3, 0.4) is 0 Å². The van der Waals surface area contributed by atoms with E-state index < -0.39 is 6.10 Å². The Kier molecular flexibility index (Phi) is 5.01. The van der Waals surface area contributed by atoms with Crippen molar-refractivity contribution in [2.45, 2.75) is 25.4 Å². The van der Waals surface area contributed by atoms with Crippen molar-refractivity contribution in [3.8, 4) is 11.5 Å². The van der Waals surface area contributed by atoms with Gasteiger partial charge in [-0.3, -0.25) is 4.79 Å². The lowest BCUT2D eigenvalue weighted by atomic mass is 9.89. The Hall–Kier alpha value is -2.53. The molecule has 0 aliphatic heterocycles. The van der Waals surface area contributed by atoms with Crippen molar-refractivity contribution < 1.29 is 19.4 Å². The molecule has 24 heavy (non-hydrogen) atoms. The molecule has 0 heterocycles. The van der Waals surface area contributed by atoms with Gasteiger partial charge in [0.05, 0.1) is 13.2 Å². The quantitative estimate of drug-likeness (QED) is 0.885. The first-order chi connectivity index (χ1) is 11.7. The van der Waals surface area contributed by atoms with Gasteiger partial charge in [-0.15, -0.1) is 0 Å². The molecule has 126 valence electrons. The first kappa shape index (κ1) is 16.3. The second-order valence-corrected chi connectivity index (χ2v) is 5.80. The zero-order valence-corrected chi connectivity index (χ0v) is 13.6. The summed E-state index contributed by atoms with van der Waals surface area (Å²) in [6.07, 6.45) is 2.12. The lowest BCUT2D eigenvalue weighted by Gasteiger charge is -2.23. The molecule has 5 heteroatoms. The molecule has 0 saturated heterocycles. The minimum absolute atomic E-state index is 0.0709. The Morgan fingerprint density at radius 2 is 2.04 bits per heavy atom. The highest BCUT2D eigenvalue weighted by molar-refractivity contribution is 5.91. The maximum atomic E-state index is 12.1. The van der Waals surface area contributed by atoms with Crippen LogP contribution in [0, 0.1) is 0 Å². The van der Waals surface area contributed by atoms with E-state index >= 15 is 0 Å². The molecule has 0 saturated carbocycles. The molecule has 0 spiro atoms. The van der Waals surface area contributed by atoms with Crippen LogP contribution in [0.15, 0.2) is 42.5 Å². The van der Waals surface area contributed by atoms with Gasteiger partial charge < -0.3 is 19.9 Å². The molecule has 2 aromatic rings. The van der Waals surface area contributed by atoms with Crippen LogP contribution in [-0.2, 0) is 11.2 Å². The Morgan fingerprint density at radius 1 is 1.25 bits per heavy atom. The van der Waals surface area contributed by atoms with Crippen molar-refractivity contribution in [3.05, 3.63) is 53.6 Å². The highest BCUT2D eigenvalue weighted by atomic mass is 16.5. The van der Waals surface area contributed by atoms with Crippen molar-refractivity contribution >= 4 is 11.6 Å². The Balaban J connectivity index is 1.61. The molecule has 1 unspecified atom stereocenters. The molecule has 1 aliphatic carbocycles. The maximum absolute atomic E-state index is 12.1. The summed E-state index contributed by atoms with van der Waals surface area (Å²) in [6.45, 7) is -0.0709. The number of benzene rings is 2. The molecule has 5 nitrogen and oxygen atoms in total. The van der Waals surface area contributed by atoms with Crippen LogP contribution in [0.25, 0.3) is 0 Å². The number of amides is 1. The van der Waals surface area contributed by atoms with Gasteiger partial charge in [-0.25, -0.2) is 0 Å². The van der Waals surface area contributed by atoms with Crippen LogP contribution in [0.2, 0.25) is 0 Å². The molecule has 1 aliphatic rings. The summed E-state index contributed by atoms with van der Waals surface area (Å²) in [5.41, 5.74) is 2.61. The van der Waals surface area contributed by atoms with Crippen LogP contribution >= 0.6 is 0 Å². The number of nitrogens with one attached hydrogen (secondary N) is 1. The van der Waals surface area contributed by atoms with Crippen LogP contribution in [-0.4, -0.2) is 24.7 Å². The van der Waals surface area contributed by atoms with Crippen LogP contribution in [0.5, 0.6) is 11.5 Å². The second-order valence-electron chi connectivity index (χ2n) is 5.80. The fourth-order valence-electron chi connectivity index (χ4n) is 2.94. The molecule has 1 atom stereocenters. The topological polar surface area (TPSA) is 67.8 Å². The number of hydrogen-bond donors (Lipinski definition) is 2. The van der Waals surface area contributed by atoms with Crippen molar-refractivity contribution in [1.29, 1.82) is 0 Å². The molecule has 2 aromatic carbocycles. The van der Waals surface area contributed by atoms with Gasteiger partial charge in [-0.05, 0) is 60.7 Å². The lowest BCUT2D eigenvalue weighted by Crippen LogP contribution is -2.21. The van der Waals surface area contributed by atoms with E-state index in [1.165, 1.54) is 0 Å². The average molecular weight is 327 g/mol. The van der Waals surface area contributed by atoms with Crippen LogP contribution < -0.4 is 14.8 Å². The van der Waals surface area contributed by atoms with Crippen molar-refractivity contribution in [1.82, 2.24) is 0 Å². The molecule has 1 amide bonds. The Morgan fingerprint density at radius 3 is 2.79 bits per heavy atom. The monoisotopic (exact) mass is 327 g/mol. The number of methoxy groups -OCH3 is 1. The SMILES string of the molecule is COc1ccc(NC(=O)COc2cccc3c2CCCC3O)cc1. The first-order valence-corrected chi connectivity index (χ1v) is 8.04. The lowest BCUT2D eigenvalue weighted by molar-refractivity contribution is -0.118. The predicted octanol–water partition coefficient (Wildman–Crippen LogP) is 3.08. The van der Waals surface area contributed by atoms with E-state index in [2.05, 4.69) is 5.32 Å². The Bertz CT molecular complexity index is 712. The largest absolute Gasteiger partial charge is 0.497 e. The minimum atomic E-state index is -0.439. The highest BCUT2D eigenvalue weighted by Crippen LogP contribution is 2.35. The standard InChI is InChI=1S/C19H21NO4/c1-23-14-10-8-13(9-11-14)20-19(22)12-24-18-7-3-4-15-16(18)5-2-6-17(15)21/h3-4,7-11,17,21H,2,5-6,12H2,1H3,(H,20,22). The maximum Gasteiger partial charge on any atom is 0.262 e.